The number of rotatable bonds is 4. The topological polar surface area (TPSA) is 34.8 Å². The number of ether oxygens (including phenoxy) is 2. The van der Waals surface area contributed by atoms with Crippen molar-refractivity contribution in [2.24, 2.45) is 0 Å². The summed E-state index contributed by atoms with van der Waals surface area (Å²) in [5, 5.41) is 4.91. The molecule has 19 rings (SSSR count). The first kappa shape index (κ1) is 52.6. The van der Waals surface area contributed by atoms with Crippen molar-refractivity contribution < 1.29 is 9.47 Å². The first-order chi connectivity index (χ1) is 43.6. The van der Waals surface area contributed by atoms with Gasteiger partial charge in [0, 0.05) is 72.3 Å². The molecular weight excluding hydrogens is 1120 g/mol. The highest BCUT2D eigenvalue weighted by Gasteiger charge is 2.47. The van der Waals surface area contributed by atoms with Crippen LogP contribution >= 0.6 is 10.9 Å². The van der Waals surface area contributed by atoms with Gasteiger partial charge < -0.3 is 28.4 Å². The van der Waals surface area contributed by atoms with Gasteiger partial charge in [0.15, 0.2) is 0 Å². The summed E-state index contributed by atoms with van der Waals surface area (Å²) in [5.41, 5.74) is 23.3. The lowest BCUT2D eigenvalue weighted by Crippen LogP contribution is -2.59. The zero-order chi connectivity index (χ0) is 60.5. The summed E-state index contributed by atoms with van der Waals surface area (Å²) < 4.78 is 20.3. The molecule has 6 nitrogen and oxygen atoms in total. The molecule has 2 aromatic heterocycles. The highest BCUT2D eigenvalue weighted by molar-refractivity contribution is 8.17. The molecule has 2 aliphatic carbocycles. The minimum Gasteiger partial charge on any atom is -0.458 e. The van der Waals surface area contributed by atoms with Gasteiger partial charge in [-0.25, -0.2) is 0 Å². The van der Waals surface area contributed by atoms with E-state index in [1.807, 2.05) is 0 Å². The third-order valence-corrected chi connectivity index (χ3v) is 24.5. The minimum atomic E-state index is -1.19. The number of benzene rings is 11. The lowest BCUT2D eigenvalue weighted by atomic mass is 9.34. The average molecular weight is 1190 g/mol. The van der Waals surface area contributed by atoms with Gasteiger partial charge in [0.25, 0.3) is 6.71 Å². The van der Waals surface area contributed by atoms with Gasteiger partial charge in [-0.1, -0.05) is 171 Å². The van der Waals surface area contributed by atoms with Crippen LogP contribution in [0, 0.1) is 0 Å². The van der Waals surface area contributed by atoms with Gasteiger partial charge in [0.05, 0.1) is 49.7 Å². The van der Waals surface area contributed by atoms with Crippen LogP contribution in [0.1, 0.15) is 103 Å². The Kier molecular flexibility index (Phi) is 10.6. The van der Waals surface area contributed by atoms with Crippen molar-refractivity contribution in [1.82, 2.24) is 9.13 Å². The highest BCUT2D eigenvalue weighted by atomic mass is 32.2. The molecule has 0 spiro atoms. The number of hydrogen-bond acceptors (Lipinski definition) is 4. The van der Waals surface area contributed by atoms with Crippen LogP contribution in [0.15, 0.2) is 233 Å². The van der Waals surface area contributed by atoms with E-state index in [1.54, 1.807) is 0 Å². The molecule has 90 heavy (non-hydrogen) atoms. The number of anilines is 6. The Balaban J connectivity index is 0.855. The van der Waals surface area contributed by atoms with Crippen molar-refractivity contribution in [3.63, 3.8) is 0 Å². The van der Waals surface area contributed by atoms with Gasteiger partial charge >= 0.3 is 0 Å². The van der Waals surface area contributed by atoms with Gasteiger partial charge in [-0.2, -0.15) is 10.9 Å². The van der Waals surface area contributed by atoms with E-state index in [1.165, 1.54) is 92.2 Å². The largest absolute Gasteiger partial charge is 0.458 e. The fourth-order valence-electron chi connectivity index (χ4n) is 17.1. The Hall–Kier alpha value is -9.37. The molecule has 11 aromatic carbocycles. The Morgan fingerprint density at radius 2 is 0.778 bits per heavy atom. The predicted octanol–water partition coefficient (Wildman–Crippen LogP) is 20.4. The van der Waals surface area contributed by atoms with E-state index < -0.39 is 10.9 Å². The summed E-state index contributed by atoms with van der Waals surface area (Å²) in [6, 6.07) is 82.9. The molecule has 6 heterocycles. The maximum atomic E-state index is 7.68. The Bertz CT molecular complexity index is 4900. The van der Waals surface area contributed by atoms with Crippen molar-refractivity contribution in [3.05, 3.63) is 241 Å². The third-order valence-electron chi connectivity index (χ3n) is 21.9. The van der Waals surface area contributed by atoms with Gasteiger partial charge in [0.1, 0.15) is 23.0 Å². The van der Waals surface area contributed by atoms with E-state index in [0.29, 0.717) is 0 Å². The third kappa shape index (κ3) is 7.20. The Labute approximate surface area is 529 Å². The molecule has 0 amide bonds. The van der Waals surface area contributed by atoms with Crippen molar-refractivity contribution in [2.45, 2.75) is 117 Å². The fraction of sp³-hybridized carbons (Fsp3) is 0.195. The summed E-state index contributed by atoms with van der Waals surface area (Å²) in [6.45, 7) is 19.3. The van der Waals surface area contributed by atoms with E-state index in [0.717, 1.165) is 99.0 Å². The maximum absolute atomic E-state index is 7.68. The molecule has 0 bridgehead atoms. The Morgan fingerprint density at radius 1 is 0.333 bits per heavy atom. The van der Waals surface area contributed by atoms with Crippen LogP contribution in [0.4, 0.5) is 34.1 Å². The lowest BCUT2D eigenvalue weighted by molar-refractivity contribution is 0.332. The molecule has 6 aliphatic rings. The van der Waals surface area contributed by atoms with Crippen molar-refractivity contribution in [3.8, 4) is 34.4 Å². The Morgan fingerprint density at radius 3 is 1.33 bits per heavy atom. The second-order valence-electron chi connectivity index (χ2n) is 29.0. The smallest absolute Gasteiger partial charge is 0.256 e. The zero-order valence-corrected chi connectivity index (χ0v) is 53.1. The number of aromatic nitrogens is 2. The molecule has 13 aromatic rings. The van der Waals surface area contributed by atoms with E-state index in [9.17, 15) is 0 Å². The highest BCUT2D eigenvalue weighted by Crippen LogP contribution is 2.71. The fourth-order valence-corrected chi connectivity index (χ4v) is 19.8. The summed E-state index contributed by atoms with van der Waals surface area (Å²) in [6.07, 6.45) is 4.60. The molecule has 4 aliphatic heterocycles. The van der Waals surface area contributed by atoms with Gasteiger partial charge in [-0.05, 0) is 171 Å². The molecule has 1 atom stereocenters. The van der Waals surface area contributed by atoms with Gasteiger partial charge in [0.2, 0.25) is 0 Å². The quantitative estimate of drug-likeness (QED) is 0.141. The number of nitrogens with zero attached hydrogens (tertiary/aromatic N) is 4. The first-order valence-electron chi connectivity index (χ1n) is 32.4. The van der Waals surface area contributed by atoms with Crippen LogP contribution in [-0.4, -0.2) is 15.8 Å². The van der Waals surface area contributed by atoms with E-state index in [2.05, 4.69) is 293 Å². The molecule has 0 saturated heterocycles. The van der Waals surface area contributed by atoms with E-state index in [-0.39, 0.29) is 28.4 Å². The number of fused-ring (bicyclic) bond motifs is 16. The number of para-hydroxylation sites is 6. The number of thiol groups is 1. The molecule has 438 valence electrons. The maximum Gasteiger partial charge on any atom is 0.256 e. The standard InChI is InChI=1S/C82H69BN4O2S/c1-79(2)37-39-81(5,6)59-41-49(33-35-57(59)79)84-67-30-18-13-25-61(67)83-62-47-76-72(48-71(62)88-73-45-51(43-69(84)77(73)83)86-63-26-14-9-21-53(63)54-22-10-15-27-64(54)86)89-74-46-52(87-65-28-16-11-23-55(65)56-24-12-17-29-66(56)87)44-70-78(74)90(76)75-32-20-19-31-68(75)85(70)50-34-36-58-60(42-50)82(7,8)40-38-80(58,3)4/h9-36,41-48,90H,37-40H2,1-8H3. The van der Waals surface area contributed by atoms with E-state index in [4.69, 9.17) is 9.47 Å². The van der Waals surface area contributed by atoms with Gasteiger partial charge in [-0.15, -0.1) is 0 Å². The SMILES string of the molecule is CC1(C)CCC(C)(C)c2cc(N3c4ccccc4B4c5cc6c(cc5Oc5cc(-n7c8ccccc8c8ccccc87)cc3c54)Oc3cc(-n4c5ccccc5c5ccccc54)cc4c3[SH]6c3ccccc3N4c3ccc4c(c3)C(C)(C)CCC4(C)C)ccc21. The van der Waals surface area contributed by atoms with Crippen molar-refractivity contribution in [1.29, 1.82) is 0 Å². The normalized spacial score (nSPS) is 18.4. The summed E-state index contributed by atoms with van der Waals surface area (Å²) >= 11 is 0. The monoisotopic (exact) mass is 1180 g/mol. The molecule has 0 fully saturated rings. The summed E-state index contributed by atoms with van der Waals surface area (Å²) in [5.74, 6) is 3.39. The molecule has 0 N–H and O–H groups in total. The van der Waals surface area contributed by atoms with Crippen LogP contribution < -0.4 is 35.7 Å². The first-order valence-corrected chi connectivity index (χ1v) is 33.7. The lowest BCUT2D eigenvalue weighted by Gasteiger charge is -2.45. The summed E-state index contributed by atoms with van der Waals surface area (Å²) in [7, 11) is -1.19. The van der Waals surface area contributed by atoms with Crippen molar-refractivity contribution >= 4 is 112 Å². The number of hydrogen-bond donors (Lipinski definition) is 1. The van der Waals surface area contributed by atoms with Crippen molar-refractivity contribution in [2.75, 3.05) is 9.80 Å². The molecule has 8 heteroatoms. The van der Waals surface area contributed by atoms with Crippen LogP contribution in [-0.2, 0) is 21.7 Å². The zero-order valence-electron chi connectivity index (χ0n) is 52.2. The average Bonchev–Trinajstić information content (AvgIpc) is 0.824. The second kappa shape index (κ2) is 18.2. The summed E-state index contributed by atoms with van der Waals surface area (Å²) in [4.78, 5) is 8.89. The van der Waals surface area contributed by atoms with E-state index >= 15 is 0 Å². The molecule has 0 saturated carbocycles. The van der Waals surface area contributed by atoms with Crippen LogP contribution in [0.25, 0.3) is 55.0 Å². The van der Waals surface area contributed by atoms with Crippen LogP contribution in [0.5, 0.6) is 23.0 Å². The van der Waals surface area contributed by atoms with Crippen LogP contribution in [0.2, 0.25) is 0 Å². The molecule has 0 radical (unpaired) electrons. The van der Waals surface area contributed by atoms with Gasteiger partial charge in [-0.3, -0.25) is 0 Å². The minimum absolute atomic E-state index is 0.0164. The second-order valence-corrected chi connectivity index (χ2v) is 31.1. The predicted molar refractivity (Wildman–Crippen MR) is 377 cm³/mol. The molecule has 1 unspecified atom stereocenters. The molecular formula is C82H69BN4O2S. The van der Waals surface area contributed by atoms with Crippen LogP contribution in [0.3, 0.4) is 0 Å².